The highest BCUT2D eigenvalue weighted by Gasteiger charge is 2.22. The normalized spacial score (nSPS) is 22.5. The lowest BCUT2D eigenvalue weighted by Gasteiger charge is -2.23. The van der Waals surface area contributed by atoms with Crippen molar-refractivity contribution in [2.45, 2.75) is 6.04 Å². The third-order valence-corrected chi connectivity index (χ3v) is 2.07. The van der Waals surface area contributed by atoms with Crippen molar-refractivity contribution in [2.24, 2.45) is 0 Å². The summed E-state index contributed by atoms with van der Waals surface area (Å²) in [7, 11) is 0. The minimum atomic E-state index is -0.211. The maximum Gasteiger partial charge on any atom is 0.241 e. The van der Waals surface area contributed by atoms with Gasteiger partial charge in [0.1, 0.15) is 6.04 Å². The molecule has 1 aromatic heterocycles. The third-order valence-electron chi connectivity index (χ3n) is 2.07. The average molecular weight is 177 g/mol. The molecular weight excluding hydrogens is 166 g/mol. The fourth-order valence-electron chi connectivity index (χ4n) is 1.42. The van der Waals surface area contributed by atoms with Gasteiger partial charge in [0.15, 0.2) is 0 Å². The zero-order chi connectivity index (χ0) is 9.10. The molecule has 1 aliphatic heterocycles. The summed E-state index contributed by atoms with van der Waals surface area (Å²) >= 11 is 0. The topological polar surface area (TPSA) is 54.0 Å². The molecule has 0 saturated carbocycles. The smallest absolute Gasteiger partial charge is 0.241 e. The SMILES string of the molecule is O=C1NCCNC1c1ccncc1. The van der Waals surface area contributed by atoms with E-state index in [0.29, 0.717) is 6.54 Å². The van der Waals surface area contributed by atoms with E-state index in [1.54, 1.807) is 12.4 Å². The van der Waals surface area contributed by atoms with Crippen molar-refractivity contribution in [3.8, 4) is 0 Å². The number of hydrogen-bond donors (Lipinski definition) is 2. The summed E-state index contributed by atoms with van der Waals surface area (Å²) in [5, 5.41) is 5.95. The van der Waals surface area contributed by atoms with Gasteiger partial charge in [-0.05, 0) is 17.7 Å². The number of nitrogens with zero attached hydrogens (tertiary/aromatic N) is 1. The van der Waals surface area contributed by atoms with Gasteiger partial charge < -0.3 is 10.6 Å². The van der Waals surface area contributed by atoms with Crippen molar-refractivity contribution in [2.75, 3.05) is 13.1 Å². The van der Waals surface area contributed by atoms with Gasteiger partial charge in [0.05, 0.1) is 0 Å². The first-order valence-electron chi connectivity index (χ1n) is 4.29. The maximum atomic E-state index is 11.4. The van der Waals surface area contributed by atoms with Crippen LogP contribution in [0.15, 0.2) is 24.5 Å². The molecule has 1 aliphatic rings. The monoisotopic (exact) mass is 177 g/mol. The number of nitrogens with one attached hydrogen (secondary N) is 2. The predicted octanol–water partition coefficient (Wildman–Crippen LogP) is -0.158. The van der Waals surface area contributed by atoms with E-state index in [9.17, 15) is 4.79 Å². The summed E-state index contributed by atoms with van der Waals surface area (Å²) in [6.07, 6.45) is 3.39. The lowest BCUT2D eigenvalue weighted by molar-refractivity contribution is -0.124. The van der Waals surface area contributed by atoms with Gasteiger partial charge in [-0.1, -0.05) is 0 Å². The Bertz CT molecular complexity index is 299. The molecule has 1 amide bonds. The number of aromatic nitrogens is 1. The van der Waals surface area contributed by atoms with Gasteiger partial charge in [-0.15, -0.1) is 0 Å². The molecule has 0 radical (unpaired) electrons. The fraction of sp³-hybridized carbons (Fsp3) is 0.333. The number of amides is 1. The van der Waals surface area contributed by atoms with Gasteiger partial charge in [0, 0.05) is 25.5 Å². The van der Waals surface area contributed by atoms with Crippen molar-refractivity contribution in [3.63, 3.8) is 0 Å². The Morgan fingerprint density at radius 1 is 1.31 bits per heavy atom. The second kappa shape index (κ2) is 3.53. The molecule has 2 rings (SSSR count). The van der Waals surface area contributed by atoms with E-state index >= 15 is 0 Å². The van der Waals surface area contributed by atoms with Crippen LogP contribution in [0.1, 0.15) is 11.6 Å². The van der Waals surface area contributed by atoms with Gasteiger partial charge in [-0.2, -0.15) is 0 Å². The van der Waals surface area contributed by atoms with Gasteiger partial charge >= 0.3 is 0 Å². The quantitative estimate of drug-likeness (QED) is 0.627. The van der Waals surface area contributed by atoms with Crippen LogP contribution >= 0.6 is 0 Å². The molecule has 0 aliphatic carbocycles. The standard InChI is InChI=1S/C9H11N3O/c13-9-8(11-5-6-12-9)7-1-3-10-4-2-7/h1-4,8,11H,5-6H2,(H,12,13). The maximum absolute atomic E-state index is 11.4. The highest BCUT2D eigenvalue weighted by molar-refractivity contribution is 5.83. The lowest BCUT2D eigenvalue weighted by Crippen LogP contribution is -2.47. The van der Waals surface area contributed by atoms with Crippen LogP contribution in [0.5, 0.6) is 0 Å². The minimum absolute atomic E-state index is 0.0393. The lowest BCUT2D eigenvalue weighted by atomic mass is 10.1. The highest BCUT2D eigenvalue weighted by Crippen LogP contribution is 2.12. The molecule has 1 fully saturated rings. The molecule has 4 nitrogen and oxygen atoms in total. The van der Waals surface area contributed by atoms with Crippen molar-refractivity contribution in [3.05, 3.63) is 30.1 Å². The second-order valence-electron chi connectivity index (χ2n) is 2.96. The summed E-state index contributed by atoms with van der Waals surface area (Å²) in [5.41, 5.74) is 0.965. The van der Waals surface area contributed by atoms with E-state index in [1.807, 2.05) is 12.1 Å². The molecule has 0 bridgehead atoms. The number of carbonyl (C=O) groups excluding carboxylic acids is 1. The van der Waals surface area contributed by atoms with E-state index in [4.69, 9.17) is 0 Å². The number of pyridine rings is 1. The molecule has 1 unspecified atom stereocenters. The first-order valence-corrected chi connectivity index (χ1v) is 4.29. The Morgan fingerprint density at radius 3 is 2.77 bits per heavy atom. The predicted molar refractivity (Wildman–Crippen MR) is 48.0 cm³/mol. The van der Waals surface area contributed by atoms with Crippen LogP contribution in [0.3, 0.4) is 0 Å². The first-order chi connectivity index (χ1) is 6.38. The van der Waals surface area contributed by atoms with Gasteiger partial charge in [-0.3, -0.25) is 9.78 Å². The molecule has 1 aromatic rings. The Morgan fingerprint density at radius 2 is 2.08 bits per heavy atom. The molecule has 2 heterocycles. The molecular formula is C9H11N3O. The van der Waals surface area contributed by atoms with Crippen LogP contribution in [0.25, 0.3) is 0 Å². The molecule has 4 heteroatoms. The van der Waals surface area contributed by atoms with E-state index in [2.05, 4.69) is 15.6 Å². The molecule has 1 atom stereocenters. The highest BCUT2D eigenvalue weighted by atomic mass is 16.2. The molecule has 1 saturated heterocycles. The Kier molecular flexibility index (Phi) is 2.23. The molecule has 68 valence electrons. The van der Waals surface area contributed by atoms with Crippen LogP contribution in [0, 0.1) is 0 Å². The molecule has 13 heavy (non-hydrogen) atoms. The van der Waals surface area contributed by atoms with Gasteiger partial charge in [-0.25, -0.2) is 0 Å². The van der Waals surface area contributed by atoms with E-state index in [1.165, 1.54) is 0 Å². The van der Waals surface area contributed by atoms with Crippen LogP contribution in [0.4, 0.5) is 0 Å². The number of carbonyl (C=O) groups is 1. The largest absolute Gasteiger partial charge is 0.353 e. The minimum Gasteiger partial charge on any atom is -0.353 e. The number of hydrogen-bond acceptors (Lipinski definition) is 3. The summed E-state index contributed by atoms with van der Waals surface area (Å²) in [6.45, 7) is 1.53. The van der Waals surface area contributed by atoms with Crippen molar-refractivity contribution >= 4 is 5.91 Å². The number of piperazine rings is 1. The second-order valence-corrected chi connectivity index (χ2v) is 2.96. The van der Waals surface area contributed by atoms with Crippen molar-refractivity contribution < 1.29 is 4.79 Å². The van der Waals surface area contributed by atoms with Crippen LogP contribution in [-0.2, 0) is 4.79 Å². The van der Waals surface area contributed by atoms with Gasteiger partial charge in [0.2, 0.25) is 5.91 Å². The molecule has 0 spiro atoms. The first kappa shape index (κ1) is 8.19. The third kappa shape index (κ3) is 1.67. The van der Waals surface area contributed by atoms with Gasteiger partial charge in [0.25, 0.3) is 0 Å². The Hall–Kier alpha value is -1.42. The van der Waals surface area contributed by atoms with Crippen LogP contribution < -0.4 is 10.6 Å². The summed E-state index contributed by atoms with van der Waals surface area (Å²) < 4.78 is 0. The Labute approximate surface area is 76.4 Å². The van der Waals surface area contributed by atoms with Crippen LogP contribution in [-0.4, -0.2) is 24.0 Å². The molecule has 2 N–H and O–H groups in total. The van der Waals surface area contributed by atoms with Crippen LogP contribution in [0.2, 0.25) is 0 Å². The average Bonchev–Trinajstić information content (AvgIpc) is 2.20. The fourth-order valence-corrected chi connectivity index (χ4v) is 1.42. The summed E-state index contributed by atoms with van der Waals surface area (Å²) in [4.78, 5) is 15.3. The summed E-state index contributed by atoms with van der Waals surface area (Å²) in [6, 6.07) is 3.49. The van der Waals surface area contributed by atoms with Crippen molar-refractivity contribution in [1.82, 2.24) is 15.6 Å². The van der Waals surface area contributed by atoms with E-state index in [0.717, 1.165) is 12.1 Å². The van der Waals surface area contributed by atoms with E-state index in [-0.39, 0.29) is 11.9 Å². The van der Waals surface area contributed by atoms with E-state index < -0.39 is 0 Å². The number of rotatable bonds is 1. The molecule has 0 aromatic carbocycles. The zero-order valence-corrected chi connectivity index (χ0v) is 7.16. The summed E-state index contributed by atoms with van der Waals surface area (Å²) in [5.74, 6) is 0.0393. The van der Waals surface area contributed by atoms with Crippen molar-refractivity contribution in [1.29, 1.82) is 0 Å². The zero-order valence-electron chi connectivity index (χ0n) is 7.16. The Balaban J connectivity index is 2.20.